The largest absolute Gasteiger partial charge is 0.493 e. The number of halogens is 1. The average molecular weight is 502 g/mol. The number of carbonyl (C=O) groups excluding carboxylic acids is 1. The van der Waals surface area contributed by atoms with Gasteiger partial charge in [0.15, 0.2) is 17.3 Å². The van der Waals surface area contributed by atoms with Gasteiger partial charge in [0.1, 0.15) is 12.2 Å². The summed E-state index contributed by atoms with van der Waals surface area (Å²) in [5, 5.41) is 24.3. The summed E-state index contributed by atoms with van der Waals surface area (Å²) in [5.74, 6) is 1.14. The maximum Gasteiger partial charge on any atom is 0.256 e. The number of aliphatic hydroxyl groups is 1. The van der Waals surface area contributed by atoms with Gasteiger partial charge in [-0.2, -0.15) is 0 Å². The molecule has 2 N–H and O–H groups in total. The third kappa shape index (κ3) is 5.09. The van der Waals surface area contributed by atoms with Crippen LogP contribution in [0.25, 0.3) is 0 Å². The lowest BCUT2D eigenvalue weighted by Crippen LogP contribution is -2.46. The Kier molecular flexibility index (Phi) is 7.25. The van der Waals surface area contributed by atoms with E-state index in [0.717, 1.165) is 0 Å². The molecule has 0 saturated carbocycles. The Morgan fingerprint density at radius 2 is 2.00 bits per heavy atom. The fourth-order valence-electron chi connectivity index (χ4n) is 4.15. The zero-order chi connectivity index (χ0) is 25.2. The van der Waals surface area contributed by atoms with Crippen molar-refractivity contribution in [3.05, 3.63) is 58.4 Å². The molecule has 1 amide bonds. The second-order valence-electron chi connectivity index (χ2n) is 9.09. The van der Waals surface area contributed by atoms with Crippen LogP contribution in [0.2, 0.25) is 5.02 Å². The second kappa shape index (κ2) is 10.2. The Morgan fingerprint density at radius 1 is 1.20 bits per heavy atom. The van der Waals surface area contributed by atoms with Gasteiger partial charge in [0.2, 0.25) is 0 Å². The van der Waals surface area contributed by atoms with E-state index in [9.17, 15) is 9.90 Å². The minimum atomic E-state index is -0.939. The Bertz CT molecular complexity index is 1190. The van der Waals surface area contributed by atoms with Crippen molar-refractivity contribution in [2.45, 2.75) is 32.5 Å². The highest BCUT2D eigenvalue weighted by molar-refractivity contribution is 6.30. The molecular weight excluding hydrogens is 474 g/mol. The number of amides is 1. The van der Waals surface area contributed by atoms with E-state index in [-0.39, 0.29) is 25.5 Å². The number of rotatable bonds is 8. The van der Waals surface area contributed by atoms with Crippen LogP contribution in [0.1, 0.15) is 36.9 Å². The molecule has 1 aromatic heterocycles. The highest BCUT2D eigenvalue weighted by Crippen LogP contribution is 2.45. The SMILES string of the molecule is COc1cccc([C@H]2O[C@H](Cc3nnn[nH]3)C(=O)N(CC(C)(C)CO)c3ccc(Cl)cc32)c1OC. The fraction of sp³-hybridized carbons (Fsp3) is 0.417. The number of benzene rings is 2. The molecule has 10 nitrogen and oxygen atoms in total. The summed E-state index contributed by atoms with van der Waals surface area (Å²) in [6, 6.07) is 10.8. The number of tetrazole rings is 1. The van der Waals surface area contributed by atoms with E-state index in [1.54, 1.807) is 43.4 Å². The fourth-order valence-corrected chi connectivity index (χ4v) is 4.33. The summed E-state index contributed by atoms with van der Waals surface area (Å²) < 4.78 is 17.7. The van der Waals surface area contributed by atoms with Crippen molar-refractivity contribution < 1.29 is 24.1 Å². The normalized spacial score (nSPS) is 18.2. The molecular formula is C24H28ClN5O5. The van der Waals surface area contributed by atoms with E-state index in [0.29, 0.717) is 39.2 Å². The number of aromatic amines is 1. The lowest BCUT2D eigenvalue weighted by Gasteiger charge is -2.32. The average Bonchev–Trinajstić information content (AvgIpc) is 3.34. The summed E-state index contributed by atoms with van der Waals surface area (Å²) in [5.41, 5.74) is 1.42. The number of methoxy groups -OCH3 is 2. The van der Waals surface area contributed by atoms with E-state index in [1.807, 2.05) is 26.0 Å². The molecule has 0 radical (unpaired) electrons. The van der Waals surface area contributed by atoms with Gasteiger partial charge in [-0.05, 0) is 34.7 Å². The highest BCUT2D eigenvalue weighted by atomic mass is 35.5. The summed E-state index contributed by atoms with van der Waals surface area (Å²) >= 11 is 6.42. The van der Waals surface area contributed by atoms with Crippen LogP contribution in [0.3, 0.4) is 0 Å². The van der Waals surface area contributed by atoms with Crippen molar-refractivity contribution in [3.8, 4) is 11.5 Å². The molecule has 1 aliphatic rings. The smallest absolute Gasteiger partial charge is 0.256 e. The van der Waals surface area contributed by atoms with Crippen LogP contribution in [-0.2, 0) is 16.0 Å². The van der Waals surface area contributed by atoms with Gasteiger partial charge in [0, 0.05) is 46.8 Å². The number of fused-ring (bicyclic) bond motifs is 1. The van der Waals surface area contributed by atoms with Crippen molar-refractivity contribution in [2.75, 3.05) is 32.3 Å². The van der Waals surface area contributed by atoms with E-state index in [4.69, 9.17) is 25.8 Å². The number of hydrogen-bond donors (Lipinski definition) is 2. The highest BCUT2D eigenvalue weighted by Gasteiger charge is 2.40. The Labute approximate surface area is 208 Å². The predicted octanol–water partition coefficient (Wildman–Crippen LogP) is 2.95. The first kappa shape index (κ1) is 24.9. The van der Waals surface area contributed by atoms with Gasteiger partial charge in [-0.1, -0.05) is 37.6 Å². The predicted molar refractivity (Wildman–Crippen MR) is 129 cm³/mol. The van der Waals surface area contributed by atoms with Gasteiger partial charge < -0.3 is 24.2 Å². The molecule has 0 bridgehead atoms. The molecule has 3 aromatic rings. The van der Waals surface area contributed by atoms with Crippen molar-refractivity contribution in [1.82, 2.24) is 20.6 Å². The van der Waals surface area contributed by atoms with Crippen molar-refractivity contribution >= 4 is 23.2 Å². The summed E-state index contributed by atoms with van der Waals surface area (Å²) in [4.78, 5) is 15.6. The molecule has 0 spiro atoms. The molecule has 0 saturated heterocycles. The molecule has 1 aliphatic heterocycles. The lowest BCUT2D eigenvalue weighted by atomic mass is 9.92. The quantitative estimate of drug-likeness (QED) is 0.483. The summed E-state index contributed by atoms with van der Waals surface area (Å²) in [6.45, 7) is 3.93. The van der Waals surface area contributed by atoms with Crippen LogP contribution in [0.15, 0.2) is 36.4 Å². The van der Waals surface area contributed by atoms with Crippen molar-refractivity contribution in [2.24, 2.45) is 5.41 Å². The number of anilines is 1. The molecule has 35 heavy (non-hydrogen) atoms. The molecule has 4 rings (SSSR count). The Balaban J connectivity index is 1.91. The van der Waals surface area contributed by atoms with Gasteiger partial charge in [0.05, 0.1) is 14.2 Å². The van der Waals surface area contributed by atoms with Crippen LogP contribution in [0, 0.1) is 5.41 Å². The van der Waals surface area contributed by atoms with E-state index in [1.165, 1.54) is 0 Å². The lowest BCUT2D eigenvalue weighted by molar-refractivity contribution is -0.132. The molecule has 0 fully saturated rings. The number of nitrogens with one attached hydrogen (secondary N) is 1. The molecule has 186 valence electrons. The first-order chi connectivity index (χ1) is 16.8. The molecule has 2 aromatic carbocycles. The summed E-state index contributed by atoms with van der Waals surface area (Å²) in [7, 11) is 3.11. The van der Waals surface area contributed by atoms with Crippen molar-refractivity contribution in [1.29, 1.82) is 0 Å². The number of aromatic nitrogens is 4. The molecule has 2 heterocycles. The minimum absolute atomic E-state index is 0.107. The van der Waals surface area contributed by atoms with Crippen LogP contribution in [0.4, 0.5) is 5.69 Å². The molecule has 2 atom stereocenters. The van der Waals surface area contributed by atoms with Crippen LogP contribution in [-0.4, -0.2) is 65.1 Å². The molecule has 0 unspecified atom stereocenters. The number of aliphatic hydroxyl groups excluding tert-OH is 1. The van der Waals surface area contributed by atoms with Gasteiger partial charge in [-0.15, -0.1) is 5.10 Å². The number of hydrogen-bond acceptors (Lipinski definition) is 8. The van der Waals surface area contributed by atoms with E-state index in [2.05, 4.69) is 20.6 Å². The first-order valence-corrected chi connectivity index (χ1v) is 11.5. The third-order valence-corrected chi connectivity index (χ3v) is 6.14. The number of H-pyrrole nitrogens is 1. The van der Waals surface area contributed by atoms with Crippen molar-refractivity contribution in [3.63, 3.8) is 0 Å². The number of nitrogens with zero attached hydrogens (tertiary/aromatic N) is 4. The Hall–Kier alpha value is -3.21. The second-order valence-corrected chi connectivity index (χ2v) is 9.53. The number of para-hydroxylation sites is 1. The number of ether oxygens (including phenoxy) is 3. The monoisotopic (exact) mass is 501 g/mol. The summed E-state index contributed by atoms with van der Waals surface area (Å²) in [6.07, 6.45) is -1.54. The molecule has 11 heteroatoms. The van der Waals surface area contributed by atoms with E-state index >= 15 is 0 Å². The minimum Gasteiger partial charge on any atom is -0.493 e. The van der Waals surface area contributed by atoms with E-state index < -0.39 is 17.6 Å². The zero-order valence-corrected chi connectivity index (χ0v) is 20.7. The van der Waals surface area contributed by atoms with Gasteiger partial charge in [-0.25, -0.2) is 5.10 Å². The topological polar surface area (TPSA) is 123 Å². The van der Waals surface area contributed by atoms with Gasteiger partial charge >= 0.3 is 0 Å². The maximum atomic E-state index is 13.9. The van der Waals surface area contributed by atoms with Gasteiger partial charge in [-0.3, -0.25) is 4.79 Å². The van der Waals surface area contributed by atoms with Crippen LogP contribution in [0.5, 0.6) is 11.5 Å². The van der Waals surface area contributed by atoms with Crippen LogP contribution < -0.4 is 14.4 Å². The zero-order valence-electron chi connectivity index (χ0n) is 20.0. The third-order valence-electron chi connectivity index (χ3n) is 5.90. The first-order valence-electron chi connectivity index (χ1n) is 11.1. The maximum absolute atomic E-state index is 13.9. The standard InChI is InChI=1S/C24H28ClN5O5/c1-24(2,13-31)12-30-17-9-8-14(25)10-16(17)21(15-6-5-7-18(33-3)22(15)34-4)35-19(23(30)32)11-20-26-28-29-27-20/h5-10,19,21,31H,11-13H2,1-4H3,(H,26,27,28,29)/t19-,21-/m1/s1. The molecule has 0 aliphatic carbocycles. The van der Waals surface area contributed by atoms with Crippen LogP contribution >= 0.6 is 11.6 Å². The van der Waals surface area contributed by atoms with Gasteiger partial charge in [0.25, 0.3) is 5.91 Å². The number of carbonyl (C=O) groups is 1. The Morgan fingerprint density at radius 3 is 2.66 bits per heavy atom.